The summed E-state index contributed by atoms with van der Waals surface area (Å²) >= 11 is 0. The maximum atomic E-state index is 13.3. The molecule has 1 aliphatic carbocycles. The van der Waals surface area contributed by atoms with Crippen LogP contribution in [0.4, 0.5) is 0 Å². The summed E-state index contributed by atoms with van der Waals surface area (Å²) in [7, 11) is -2.42. The topological polar surface area (TPSA) is 84.5 Å². The predicted molar refractivity (Wildman–Crippen MR) is 132 cm³/mol. The van der Waals surface area contributed by atoms with Crippen LogP contribution >= 0.6 is 0 Å². The fraction of sp³-hybridized carbons (Fsp3) is 0.296. The van der Waals surface area contributed by atoms with E-state index in [9.17, 15) is 13.2 Å². The van der Waals surface area contributed by atoms with Crippen molar-refractivity contribution in [1.29, 1.82) is 0 Å². The second-order valence-electron chi connectivity index (χ2n) is 8.55. The van der Waals surface area contributed by atoms with Gasteiger partial charge in [0.2, 0.25) is 10.0 Å². The number of ether oxygens (including phenoxy) is 1. The summed E-state index contributed by atoms with van der Waals surface area (Å²) in [5.74, 6) is -0.156. The lowest BCUT2D eigenvalue weighted by Crippen LogP contribution is -2.36. The molecule has 1 saturated carbocycles. The van der Waals surface area contributed by atoms with Crippen LogP contribution in [0.25, 0.3) is 0 Å². The van der Waals surface area contributed by atoms with Crippen molar-refractivity contribution in [3.63, 3.8) is 0 Å². The van der Waals surface area contributed by atoms with E-state index in [-0.39, 0.29) is 34.2 Å². The Morgan fingerprint density at radius 1 is 0.882 bits per heavy atom. The van der Waals surface area contributed by atoms with Crippen molar-refractivity contribution in [3.8, 4) is 5.75 Å². The molecule has 34 heavy (non-hydrogen) atoms. The molecule has 1 aliphatic rings. The van der Waals surface area contributed by atoms with Crippen molar-refractivity contribution >= 4 is 15.9 Å². The van der Waals surface area contributed by atoms with Gasteiger partial charge >= 0.3 is 0 Å². The first-order valence-corrected chi connectivity index (χ1v) is 13.1. The zero-order valence-corrected chi connectivity index (χ0v) is 20.1. The van der Waals surface area contributed by atoms with E-state index in [1.165, 1.54) is 19.2 Å². The number of rotatable bonds is 8. The monoisotopic (exact) mass is 478 g/mol. The third kappa shape index (κ3) is 5.66. The van der Waals surface area contributed by atoms with Gasteiger partial charge in [0.25, 0.3) is 5.91 Å². The first-order chi connectivity index (χ1) is 16.5. The molecule has 0 aliphatic heterocycles. The van der Waals surface area contributed by atoms with Crippen LogP contribution in [-0.2, 0) is 10.0 Å². The quantitative estimate of drug-likeness (QED) is 0.486. The molecule has 7 heteroatoms. The average Bonchev–Trinajstić information content (AvgIpc) is 2.88. The van der Waals surface area contributed by atoms with Gasteiger partial charge in [0.05, 0.1) is 13.2 Å². The molecule has 1 amide bonds. The third-order valence-corrected chi connectivity index (χ3v) is 7.73. The zero-order valence-electron chi connectivity index (χ0n) is 19.2. The van der Waals surface area contributed by atoms with Crippen molar-refractivity contribution in [2.45, 2.75) is 49.1 Å². The number of hydrogen-bond donors (Lipinski definition) is 2. The Bertz CT molecular complexity index is 1170. The Balaban J connectivity index is 1.62. The number of benzene rings is 3. The molecule has 4 rings (SSSR count). The maximum Gasteiger partial charge on any atom is 0.252 e. The highest BCUT2D eigenvalue weighted by molar-refractivity contribution is 7.89. The number of nitrogens with one attached hydrogen (secondary N) is 2. The predicted octanol–water partition coefficient (Wildman–Crippen LogP) is 4.83. The van der Waals surface area contributed by atoms with Gasteiger partial charge in [-0.05, 0) is 42.2 Å². The van der Waals surface area contributed by atoms with Crippen molar-refractivity contribution < 1.29 is 17.9 Å². The fourth-order valence-corrected chi connectivity index (χ4v) is 5.90. The SMILES string of the molecule is COc1ccc(C(=O)NC(c2ccccc2)c2ccccc2)cc1S(=O)(=O)NC1CCCCC1. The largest absolute Gasteiger partial charge is 0.495 e. The van der Waals surface area contributed by atoms with E-state index >= 15 is 0 Å². The minimum Gasteiger partial charge on any atom is -0.495 e. The van der Waals surface area contributed by atoms with Gasteiger partial charge < -0.3 is 10.1 Å². The van der Waals surface area contributed by atoms with Gasteiger partial charge in [-0.15, -0.1) is 0 Å². The summed E-state index contributed by atoms with van der Waals surface area (Å²) in [6.07, 6.45) is 4.77. The zero-order chi connectivity index (χ0) is 24.0. The summed E-state index contributed by atoms with van der Waals surface area (Å²) in [6.45, 7) is 0. The van der Waals surface area contributed by atoms with Gasteiger partial charge in [-0.2, -0.15) is 0 Å². The lowest BCUT2D eigenvalue weighted by atomic mass is 9.96. The summed E-state index contributed by atoms with van der Waals surface area (Å²) in [4.78, 5) is 13.3. The Labute approximate surface area is 201 Å². The van der Waals surface area contributed by atoms with Gasteiger partial charge in [-0.1, -0.05) is 79.9 Å². The Kier molecular flexibility index (Phi) is 7.65. The molecule has 0 unspecified atom stereocenters. The van der Waals surface area contributed by atoms with Crippen molar-refractivity contribution in [2.75, 3.05) is 7.11 Å². The number of hydrogen-bond acceptors (Lipinski definition) is 4. The van der Waals surface area contributed by atoms with Crippen LogP contribution in [0.5, 0.6) is 5.75 Å². The third-order valence-electron chi connectivity index (χ3n) is 6.18. The molecule has 0 bridgehead atoms. The van der Waals surface area contributed by atoms with Gasteiger partial charge in [0.15, 0.2) is 0 Å². The number of carbonyl (C=O) groups excluding carboxylic acids is 1. The molecule has 178 valence electrons. The minimum absolute atomic E-state index is 0.0239. The van der Waals surface area contributed by atoms with Gasteiger partial charge in [0.1, 0.15) is 10.6 Å². The van der Waals surface area contributed by atoms with E-state index in [1.54, 1.807) is 6.07 Å². The lowest BCUT2D eigenvalue weighted by molar-refractivity contribution is 0.0942. The molecular formula is C27H30N2O4S. The van der Waals surface area contributed by atoms with Crippen LogP contribution in [0.1, 0.15) is 59.6 Å². The fourth-order valence-electron chi connectivity index (χ4n) is 4.40. The normalized spacial score (nSPS) is 14.6. The van der Waals surface area contributed by atoms with Crippen molar-refractivity contribution in [2.24, 2.45) is 0 Å². The first kappa shape index (κ1) is 24.0. The van der Waals surface area contributed by atoms with Crippen LogP contribution in [0, 0.1) is 0 Å². The second-order valence-corrected chi connectivity index (χ2v) is 10.2. The average molecular weight is 479 g/mol. The minimum atomic E-state index is -3.85. The number of carbonyl (C=O) groups is 1. The van der Waals surface area contributed by atoms with Gasteiger partial charge in [0, 0.05) is 11.6 Å². The molecule has 0 aromatic heterocycles. The Morgan fingerprint density at radius 2 is 1.47 bits per heavy atom. The molecule has 6 nitrogen and oxygen atoms in total. The molecular weight excluding hydrogens is 448 g/mol. The summed E-state index contributed by atoms with van der Waals surface area (Å²) in [5, 5.41) is 3.07. The highest BCUT2D eigenvalue weighted by Crippen LogP contribution is 2.28. The molecule has 3 aromatic rings. The van der Waals surface area contributed by atoms with Gasteiger partial charge in [-0.3, -0.25) is 4.79 Å². The van der Waals surface area contributed by atoms with Crippen LogP contribution < -0.4 is 14.8 Å². The standard InChI is InChI=1S/C27H30N2O4S/c1-33-24-18-17-22(19-25(24)34(31,32)29-23-15-9-4-10-16-23)27(30)28-26(20-11-5-2-6-12-20)21-13-7-3-8-14-21/h2-3,5-8,11-14,17-19,23,26,29H,4,9-10,15-16H2,1H3,(H,28,30). The van der Waals surface area contributed by atoms with Crippen LogP contribution in [0.15, 0.2) is 83.8 Å². The molecule has 0 saturated heterocycles. The van der Waals surface area contributed by atoms with E-state index in [2.05, 4.69) is 10.0 Å². The summed E-state index contributed by atoms with van der Waals surface area (Å²) in [6, 6.07) is 23.4. The molecule has 0 heterocycles. The highest BCUT2D eigenvalue weighted by atomic mass is 32.2. The van der Waals surface area contributed by atoms with E-state index in [0.717, 1.165) is 43.2 Å². The number of methoxy groups -OCH3 is 1. The number of amides is 1. The first-order valence-electron chi connectivity index (χ1n) is 11.6. The maximum absolute atomic E-state index is 13.3. The molecule has 0 radical (unpaired) electrons. The summed E-state index contributed by atoms with van der Waals surface area (Å²) < 4.78 is 34.5. The van der Waals surface area contributed by atoms with Crippen LogP contribution in [-0.4, -0.2) is 27.5 Å². The Morgan fingerprint density at radius 3 is 2.03 bits per heavy atom. The highest BCUT2D eigenvalue weighted by Gasteiger charge is 2.26. The smallest absolute Gasteiger partial charge is 0.252 e. The van der Waals surface area contributed by atoms with Crippen LogP contribution in [0.3, 0.4) is 0 Å². The van der Waals surface area contributed by atoms with E-state index in [1.807, 2.05) is 60.7 Å². The van der Waals surface area contributed by atoms with E-state index in [0.29, 0.717) is 0 Å². The molecule has 3 aromatic carbocycles. The number of sulfonamides is 1. The summed E-state index contributed by atoms with van der Waals surface area (Å²) in [5.41, 5.74) is 2.12. The van der Waals surface area contributed by atoms with Crippen molar-refractivity contribution in [1.82, 2.24) is 10.0 Å². The van der Waals surface area contributed by atoms with Crippen molar-refractivity contribution in [3.05, 3.63) is 95.6 Å². The van der Waals surface area contributed by atoms with E-state index in [4.69, 9.17) is 4.74 Å². The second kappa shape index (κ2) is 10.8. The van der Waals surface area contributed by atoms with Crippen LogP contribution in [0.2, 0.25) is 0 Å². The molecule has 1 fully saturated rings. The molecule has 0 spiro atoms. The molecule has 0 atom stereocenters. The lowest BCUT2D eigenvalue weighted by Gasteiger charge is -2.23. The Hall–Kier alpha value is -3.16. The van der Waals surface area contributed by atoms with Gasteiger partial charge in [-0.25, -0.2) is 13.1 Å². The molecule has 2 N–H and O–H groups in total. The van der Waals surface area contributed by atoms with E-state index < -0.39 is 10.0 Å².